The van der Waals surface area contributed by atoms with Gasteiger partial charge in [-0.3, -0.25) is 24.3 Å². The Morgan fingerprint density at radius 1 is 1.06 bits per heavy atom. The van der Waals surface area contributed by atoms with Gasteiger partial charge in [-0.25, -0.2) is 4.98 Å². The van der Waals surface area contributed by atoms with Gasteiger partial charge in [0.25, 0.3) is 5.91 Å². The van der Waals surface area contributed by atoms with E-state index in [0.717, 1.165) is 0 Å². The molecule has 0 spiro atoms. The highest BCUT2D eigenvalue weighted by Gasteiger charge is 2.40. The second kappa shape index (κ2) is 7.82. The van der Waals surface area contributed by atoms with Gasteiger partial charge in [0.15, 0.2) is 5.69 Å². The summed E-state index contributed by atoms with van der Waals surface area (Å²) in [6.45, 7) is 1.49. The van der Waals surface area contributed by atoms with Crippen molar-refractivity contribution in [2.45, 2.75) is 38.5 Å². The number of piperidine rings is 1. The van der Waals surface area contributed by atoms with Crippen molar-refractivity contribution >= 4 is 17.7 Å². The van der Waals surface area contributed by atoms with Crippen molar-refractivity contribution in [2.75, 3.05) is 0 Å². The van der Waals surface area contributed by atoms with E-state index in [-0.39, 0.29) is 42.7 Å². The van der Waals surface area contributed by atoms with Crippen molar-refractivity contribution in [3.8, 4) is 17.1 Å². The molecule has 2 aliphatic rings. The number of benzene rings is 2. The van der Waals surface area contributed by atoms with Crippen LogP contribution in [0.4, 0.5) is 13.2 Å². The van der Waals surface area contributed by atoms with Crippen LogP contribution in [0.3, 0.4) is 0 Å². The van der Waals surface area contributed by atoms with E-state index in [1.807, 2.05) is 0 Å². The van der Waals surface area contributed by atoms with Gasteiger partial charge in [-0.15, -0.1) is 0 Å². The first-order valence-corrected chi connectivity index (χ1v) is 10.6. The number of hydrogen-bond acceptors (Lipinski definition) is 4. The molecule has 7 nitrogen and oxygen atoms in total. The zero-order valence-corrected chi connectivity index (χ0v) is 18.0. The monoisotopic (exact) mass is 468 g/mol. The topological polar surface area (TPSA) is 84.3 Å². The molecular weight excluding hydrogens is 449 g/mol. The standard InChI is InChI=1S/C24H19F3N4O3/c1-13-20(24(25,26)27)29-21(31(13)16-5-3-2-4-6-16)14-7-8-17-15(11-14)12-30(23(17)34)18-9-10-19(32)28-22(18)33/h2-8,11,18H,9-10,12H2,1H3,(H,28,32,33). The molecule has 1 fully saturated rings. The van der Waals surface area contributed by atoms with Gasteiger partial charge in [-0.1, -0.05) is 24.3 Å². The van der Waals surface area contributed by atoms with Crippen molar-refractivity contribution in [1.29, 1.82) is 0 Å². The maximum Gasteiger partial charge on any atom is 0.435 e. The summed E-state index contributed by atoms with van der Waals surface area (Å²) >= 11 is 0. The predicted octanol–water partition coefficient (Wildman–Crippen LogP) is 3.63. The van der Waals surface area contributed by atoms with E-state index in [9.17, 15) is 27.6 Å². The Kier molecular flexibility index (Phi) is 5.03. The first-order chi connectivity index (χ1) is 16.1. The third-order valence-corrected chi connectivity index (χ3v) is 6.17. The molecule has 1 unspecified atom stereocenters. The van der Waals surface area contributed by atoms with Crippen LogP contribution in [0.5, 0.6) is 0 Å². The molecule has 10 heteroatoms. The fraction of sp³-hybridized carbons (Fsp3) is 0.250. The zero-order chi connectivity index (χ0) is 24.2. The summed E-state index contributed by atoms with van der Waals surface area (Å²) in [5.74, 6) is -1.15. The first kappa shape index (κ1) is 21.9. The average Bonchev–Trinajstić information content (AvgIpc) is 3.31. The second-order valence-corrected chi connectivity index (χ2v) is 8.31. The van der Waals surface area contributed by atoms with E-state index in [1.165, 1.54) is 16.4 Å². The largest absolute Gasteiger partial charge is 0.435 e. The van der Waals surface area contributed by atoms with Gasteiger partial charge >= 0.3 is 6.18 Å². The number of rotatable bonds is 3. The van der Waals surface area contributed by atoms with Crippen LogP contribution >= 0.6 is 0 Å². The fourth-order valence-corrected chi connectivity index (χ4v) is 4.57. The second-order valence-electron chi connectivity index (χ2n) is 8.31. The summed E-state index contributed by atoms with van der Waals surface area (Å²) in [6.07, 6.45) is -4.27. The minimum Gasteiger partial charge on any atom is -0.322 e. The van der Waals surface area contributed by atoms with Crippen LogP contribution in [0.15, 0.2) is 48.5 Å². The van der Waals surface area contributed by atoms with Crippen molar-refractivity contribution in [3.63, 3.8) is 0 Å². The summed E-state index contributed by atoms with van der Waals surface area (Å²) in [4.78, 5) is 42.0. The number of nitrogens with zero attached hydrogens (tertiary/aromatic N) is 3. The molecule has 5 rings (SSSR count). The number of carbonyl (C=O) groups is 3. The van der Waals surface area contributed by atoms with Crippen molar-refractivity contribution in [3.05, 3.63) is 71.0 Å². The van der Waals surface area contributed by atoms with Crippen LogP contribution in [-0.2, 0) is 22.3 Å². The van der Waals surface area contributed by atoms with E-state index in [0.29, 0.717) is 22.4 Å². The van der Waals surface area contributed by atoms with Crippen LogP contribution < -0.4 is 5.32 Å². The lowest BCUT2D eigenvalue weighted by molar-refractivity contribution is -0.141. The highest BCUT2D eigenvalue weighted by atomic mass is 19.4. The highest BCUT2D eigenvalue weighted by molar-refractivity contribution is 6.05. The van der Waals surface area contributed by atoms with Crippen LogP contribution in [0.25, 0.3) is 17.1 Å². The third-order valence-electron chi connectivity index (χ3n) is 6.17. The predicted molar refractivity (Wildman–Crippen MR) is 115 cm³/mol. The van der Waals surface area contributed by atoms with E-state index in [1.54, 1.807) is 48.5 Å². The van der Waals surface area contributed by atoms with E-state index in [2.05, 4.69) is 10.3 Å². The normalized spacial score (nSPS) is 18.3. The summed E-state index contributed by atoms with van der Waals surface area (Å²) in [5, 5.41) is 2.25. The molecule has 0 aliphatic carbocycles. The number of imide groups is 1. The molecule has 0 saturated carbocycles. The number of alkyl halides is 3. The molecule has 3 amide bonds. The maximum absolute atomic E-state index is 13.7. The maximum atomic E-state index is 13.7. The van der Waals surface area contributed by atoms with Crippen molar-refractivity contribution < 1.29 is 27.6 Å². The number of fused-ring (bicyclic) bond motifs is 1. The quantitative estimate of drug-likeness (QED) is 0.595. The number of hydrogen-bond donors (Lipinski definition) is 1. The SMILES string of the molecule is Cc1c(C(F)(F)F)nc(-c2ccc3c(c2)CN(C2CCC(=O)NC2=O)C3=O)n1-c1ccccc1. The number of carbonyl (C=O) groups excluding carboxylic acids is 3. The van der Waals surface area contributed by atoms with Gasteiger partial charge in [0.2, 0.25) is 11.8 Å². The summed E-state index contributed by atoms with van der Waals surface area (Å²) in [7, 11) is 0. The van der Waals surface area contributed by atoms with Gasteiger partial charge in [0.1, 0.15) is 11.9 Å². The van der Waals surface area contributed by atoms with Crippen LogP contribution in [-0.4, -0.2) is 38.2 Å². The molecule has 1 N–H and O–H groups in total. The molecule has 1 aromatic heterocycles. The van der Waals surface area contributed by atoms with Crippen molar-refractivity contribution in [2.24, 2.45) is 0 Å². The summed E-state index contributed by atoms with van der Waals surface area (Å²) < 4.78 is 42.5. The molecule has 174 valence electrons. The summed E-state index contributed by atoms with van der Waals surface area (Å²) in [5.41, 5.74) is 0.877. The molecule has 1 atom stereocenters. The Hall–Kier alpha value is -3.95. The molecule has 2 aromatic carbocycles. The van der Waals surface area contributed by atoms with Crippen LogP contribution in [0.2, 0.25) is 0 Å². The molecule has 2 aliphatic heterocycles. The number of para-hydroxylation sites is 1. The Balaban J connectivity index is 1.56. The average molecular weight is 468 g/mol. The fourth-order valence-electron chi connectivity index (χ4n) is 4.57. The van der Waals surface area contributed by atoms with Gasteiger partial charge < -0.3 is 4.90 Å². The zero-order valence-electron chi connectivity index (χ0n) is 18.0. The number of imidazole rings is 1. The Bertz CT molecular complexity index is 1330. The minimum atomic E-state index is -4.63. The molecule has 1 saturated heterocycles. The highest BCUT2D eigenvalue weighted by Crippen LogP contribution is 2.37. The van der Waals surface area contributed by atoms with Crippen molar-refractivity contribution in [1.82, 2.24) is 19.8 Å². The molecule has 3 aromatic rings. The third kappa shape index (κ3) is 3.55. The first-order valence-electron chi connectivity index (χ1n) is 10.6. The minimum absolute atomic E-state index is 0.0459. The molecular formula is C24H19F3N4O3. The number of nitrogens with one attached hydrogen (secondary N) is 1. The summed E-state index contributed by atoms with van der Waals surface area (Å²) in [6, 6.07) is 12.6. The Morgan fingerprint density at radius 3 is 2.47 bits per heavy atom. The molecule has 0 radical (unpaired) electrons. The van der Waals surface area contributed by atoms with Gasteiger partial charge in [0.05, 0.1) is 5.69 Å². The Morgan fingerprint density at radius 2 is 1.79 bits per heavy atom. The van der Waals surface area contributed by atoms with Gasteiger partial charge in [0, 0.05) is 29.8 Å². The van der Waals surface area contributed by atoms with Gasteiger partial charge in [-0.2, -0.15) is 13.2 Å². The lowest BCUT2D eigenvalue weighted by Crippen LogP contribution is -2.52. The van der Waals surface area contributed by atoms with E-state index < -0.39 is 23.8 Å². The van der Waals surface area contributed by atoms with Crippen LogP contribution in [0, 0.1) is 6.92 Å². The molecule has 34 heavy (non-hydrogen) atoms. The lowest BCUT2D eigenvalue weighted by Gasteiger charge is -2.29. The van der Waals surface area contributed by atoms with Crippen LogP contribution in [0.1, 0.15) is 40.2 Å². The number of aromatic nitrogens is 2. The van der Waals surface area contributed by atoms with E-state index in [4.69, 9.17) is 0 Å². The van der Waals surface area contributed by atoms with E-state index >= 15 is 0 Å². The number of halogens is 3. The molecule has 0 bridgehead atoms. The smallest absolute Gasteiger partial charge is 0.322 e. The van der Waals surface area contributed by atoms with Gasteiger partial charge in [-0.05, 0) is 43.2 Å². The lowest BCUT2D eigenvalue weighted by atomic mass is 10.0. The molecule has 3 heterocycles. The number of amides is 3. The Labute approximate surface area is 192 Å².